The lowest BCUT2D eigenvalue weighted by Gasteiger charge is -2.32. The maximum absolute atomic E-state index is 13.2. The zero-order valence-electron chi connectivity index (χ0n) is 22.2. The molecular formula is C32H38N2O4. The van der Waals surface area contributed by atoms with Crippen LogP contribution in [0.2, 0.25) is 0 Å². The van der Waals surface area contributed by atoms with Crippen LogP contribution in [0.1, 0.15) is 59.7 Å². The lowest BCUT2D eigenvalue weighted by atomic mass is 9.90. The molecule has 0 radical (unpaired) electrons. The highest BCUT2D eigenvalue weighted by Crippen LogP contribution is 2.37. The maximum Gasteiger partial charge on any atom is 0.231 e. The second-order valence-electron chi connectivity index (χ2n) is 10.3. The van der Waals surface area contributed by atoms with Crippen molar-refractivity contribution in [2.75, 3.05) is 33.5 Å². The second-order valence-corrected chi connectivity index (χ2v) is 10.3. The summed E-state index contributed by atoms with van der Waals surface area (Å²) in [6.45, 7) is 4.26. The first-order valence-corrected chi connectivity index (χ1v) is 13.8. The average Bonchev–Trinajstić information content (AvgIpc) is 3.43. The van der Waals surface area contributed by atoms with Gasteiger partial charge in [-0.3, -0.25) is 9.69 Å². The van der Waals surface area contributed by atoms with Crippen molar-refractivity contribution in [3.8, 4) is 17.2 Å². The Morgan fingerprint density at radius 2 is 1.82 bits per heavy atom. The van der Waals surface area contributed by atoms with Crippen molar-refractivity contribution in [1.29, 1.82) is 0 Å². The van der Waals surface area contributed by atoms with Gasteiger partial charge in [-0.1, -0.05) is 48.5 Å². The Balaban J connectivity index is 1.15. The Hall–Kier alpha value is -3.35. The molecule has 200 valence electrons. The third-order valence-electron chi connectivity index (χ3n) is 7.60. The molecule has 0 amide bonds. The van der Waals surface area contributed by atoms with Gasteiger partial charge in [0.2, 0.25) is 6.79 Å². The molecule has 1 N–H and O–H groups in total. The van der Waals surface area contributed by atoms with E-state index in [1.807, 2.05) is 49.5 Å². The van der Waals surface area contributed by atoms with Gasteiger partial charge in [0.05, 0.1) is 0 Å². The summed E-state index contributed by atoms with van der Waals surface area (Å²) in [7, 11) is 1.93. The van der Waals surface area contributed by atoms with Gasteiger partial charge in [-0.25, -0.2) is 0 Å². The first-order chi connectivity index (χ1) is 18.7. The normalized spacial score (nSPS) is 16.3. The van der Waals surface area contributed by atoms with E-state index in [2.05, 4.69) is 40.5 Å². The van der Waals surface area contributed by atoms with Gasteiger partial charge in [0, 0.05) is 31.0 Å². The van der Waals surface area contributed by atoms with Gasteiger partial charge in [0.15, 0.2) is 17.3 Å². The van der Waals surface area contributed by atoms with E-state index >= 15 is 0 Å². The Morgan fingerprint density at radius 3 is 2.63 bits per heavy atom. The molecule has 6 heteroatoms. The number of ketones is 1. The van der Waals surface area contributed by atoms with Gasteiger partial charge in [0.25, 0.3) is 0 Å². The predicted octanol–water partition coefficient (Wildman–Crippen LogP) is 6.02. The Morgan fingerprint density at radius 1 is 1.00 bits per heavy atom. The smallest absolute Gasteiger partial charge is 0.231 e. The zero-order chi connectivity index (χ0) is 26.2. The number of hydrogen-bond donors (Lipinski definition) is 1. The molecule has 1 unspecified atom stereocenters. The summed E-state index contributed by atoms with van der Waals surface area (Å²) in [4.78, 5) is 15.7. The van der Waals surface area contributed by atoms with Gasteiger partial charge < -0.3 is 19.5 Å². The predicted molar refractivity (Wildman–Crippen MR) is 149 cm³/mol. The van der Waals surface area contributed by atoms with Gasteiger partial charge >= 0.3 is 0 Å². The van der Waals surface area contributed by atoms with E-state index in [-0.39, 0.29) is 18.7 Å². The molecule has 38 heavy (non-hydrogen) atoms. The van der Waals surface area contributed by atoms with E-state index in [1.165, 1.54) is 5.56 Å². The Bertz CT molecular complexity index is 1190. The number of benzene rings is 3. The third kappa shape index (κ3) is 6.94. The minimum atomic E-state index is -0.176. The number of ether oxygens (including phenoxy) is 3. The number of rotatable bonds is 12. The quantitative estimate of drug-likeness (QED) is 0.298. The van der Waals surface area contributed by atoms with E-state index in [1.54, 1.807) is 0 Å². The summed E-state index contributed by atoms with van der Waals surface area (Å²) in [6.07, 6.45) is 4.48. The number of carbonyl (C=O) groups excluding carboxylic acids is 1. The standard InChI is InChI=1S/C32H38N2O4/c1-33-17-14-30(38-28-11-13-31-32(21-28)37-23-36-31)27-9-5-8-26(20-27)29(35)12-10-24-15-18-34(19-16-24)22-25-6-3-2-4-7-25/h2-9,11,13,20-21,24,30,33H,10,12,14-19,22-23H2,1H3. The van der Waals surface area contributed by atoms with Gasteiger partial charge in [-0.15, -0.1) is 0 Å². The van der Waals surface area contributed by atoms with Crippen LogP contribution >= 0.6 is 0 Å². The van der Waals surface area contributed by atoms with Crippen molar-refractivity contribution in [1.82, 2.24) is 10.2 Å². The molecule has 0 aliphatic carbocycles. The monoisotopic (exact) mass is 514 g/mol. The lowest BCUT2D eigenvalue weighted by molar-refractivity contribution is 0.0961. The number of likely N-dealkylation sites (tertiary alicyclic amines) is 1. The van der Waals surface area contributed by atoms with Crippen molar-refractivity contribution < 1.29 is 19.0 Å². The fourth-order valence-corrected chi connectivity index (χ4v) is 5.35. The Labute approximate surface area is 225 Å². The van der Waals surface area contributed by atoms with Crippen LogP contribution in [-0.4, -0.2) is 44.2 Å². The van der Waals surface area contributed by atoms with Gasteiger partial charge in [-0.2, -0.15) is 0 Å². The van der Waals surface area contributed by atoms with Crippen molar-refractivity contribution >= 4 is 5.78 Å². The fourth-order valence-electron chi connectivity index (χ4n) is 5.35. The topological polar surface area (TPSA) is 60.0 Å². The van der Waals surface area contributed by atoms with Crippen LogP contribution in [0.5, 0.6) is 17.2 Å². The maximum atomic E-state index is 13.2. The summed E-state index contributed by atoms with van der Waals surface area (Å²) in [5.41, 5.74) is 3.15. The van der Waals surface area contributed by atoms with Gasteiger partial charge in [0.1, 0.15) is 11.9 Å². The summed E-state index contributed by atoms with van der Waals surface area (Å²) in [6, 6.07) is 24.3. The number of nitrogens with zero attached hydrogens (tertiary/aromatic N) is 1. The number of Topliss-reactive ketones (excluding diaryl/α,β-unsaturated/α-hetero) is 1. The average molecular weight is 515 g/mol. The molecule has 0 spiro atoms. The highest BCUT2D eigenvalue weighted by atomic mass is 16.7. The van der Waals surface area contributed by atoms with E-state index in [9.17, 15) is 4.79 Å². The van der Waals surface area contributed by atoms with E-state index in [0.29, 0.717) is 18.1 Å². The van der Waals surface area contributed by atoms with Crippen LogP contribution in [0.25, 0.3) is 0 Å². The highest BCUT2D eigenvalue weighted by molar-refractivity contribution is 5.96. The number of carbonyl (C=O) groups is 1. The fraction of sp³-hybridized carbons (Fsp3) is 0.406. The van der Waals surface area contributed by atoms with Crippen molar-refractivity contribution in [3.05, 3.63) is 89.5 Å². The molecule has 5 rings (SSSR count). The van der Waals surface area contributed by atoms with Crippen LogP contribution in [-0.2, 0) is 6.54 Å². The van der Waals surface area contributed by atoms with E-state index in [4.69, 9.17) is 14.2 Å². The number of nitrogens with one attached hydrogen (secondary N) is 1. The van der Waals surface area contributed by atoms with Crippen LogP contribution < -0.4 is 19.5 Å². The van der Waals surface area contributed by atoms with Crippen LogP contribution in [0.4, 0.5) is 0 Å². The van der Waals surface area contributed by atoms with Gasteiger partial charge in [-0.05, 0) is 81.2 Å². The summed E-state index contributed by atoms with van der Waals surface area (Å²) in [5.74, 6) is 3.00. The molecule has 6 nitrogen and oxygen atoms in total. The number of hydrogen-bond acceptors (Lipinski definition) is 6. The largest absolute Gasteiger partial charge is 0.486 e. The molecule has 2 heterocycles. The summed E-state index contributed by atoms with van der Waals surface area (Å²) in [5, 5.41) is 3.21. The molecule has 2 aliphatic rings. The number of fused-ring (bicyclic) bond motifs is 1. The zero-order valence-corrected chi connectivity index (χ0v) is 22.2. The van der Waals surface area contributed by atoms with Crippen LogP contribution in [0.3, 0.4) is 0 Å². The minimum absolute atomic E-state index is 0.176. The number of piperidine rings is 1. The molecule has 1 saturated heterocycles. The first-order valence-electron chi connectivity index (χ1n) is 13.8. The van der Waals surface area contributed by atoms with Crippen molar-refractivity contribution in [3.63, 3.8) is 0 Å². The molecule has 3 aromatic rings. The van der Waals surface area contributed by atoms with E-state index in [0.717, 1.165) is 74.5 Å². The molecule has 3 aromatic carbocycles. The van der Waals surface area contributed by atoms with E-state index < -0.39 is 0 Å². The molecule has 2 aliphatic heterocycles. The first kappa shape index (κ1) is 26.3. The lowest BCUT2D eigenvalue weighted by Crippen LogP contribution is -2.33. The molecular weight excluding hydrogens is 476 g/mol. The van der Waals surface area contributed by atoms with Crippen molar-refractivity contribution in [2.24, 2.45) is 5.92 Å². The highest BCUT2D eigenvalue weighted by Gasteiger charge is 2.22. The Kier molecular flexibility index (Phi) is 8.94. The molecule has 1 fully saturated rings. The summed E-state index contributed by atoms with van der Waals surface area (Å²) < 4.78 is 17.3. The van der Waals surface area contributed by atoms with Crippen LogP contribution in [0.15, 0.2) is 72.8 Å². The molecule has 0 saturated carbocycles. The molecule has 1 atom stereocenters. The van der Waals surface area contributed by atoms with Crippen molar-refractivity contribution in [2.45, 2.75) is 44.8 Å². The van der Waals surface area contributed by atoms with Crippen LogP contribution in [0, 0.1) is 5.92 Å². The third-order valence-corrected chi connectivity index (χ3v) is 7.60. The summed E-state index contributed by atoms with van der Waals surface area (Å²) >= 11 is 0. The minimum Gasteiger partial charge on any atom is -0.486 e. The second kappa shape index (κ2) is 12.9. The molecule has 0 aromatic heterocycles. The molecule has 0 bridgehead atoms. The SMILES string of the molecule is CNCCC(Oc1ccc2c(c1)OCO2)c1cccc(C(=O)CCC2CCN(Cc3ccccc3)CC2)c1.